The third kappa shape index (κ3) is 2.53. The zero-order valence-corrected chi connectivity index (χ0v) is 11.1. The Bertz CT molecular complexity index is 483. The van der Waals surface area contributed by atoms with Crippen LogP contribution >= 0.6 is 0 Å². The first kappa shape index (κ1) is 12.7. The Morgan fingerprint density at radius 3 is 3.11 bits per heavy atom. The number of hydrogen-bond acceptors (Lipinski definition) is 5. The highest BCUT2D eigenvalue weighted by Crippen LogP contribution is 2.36. The van der Waals surface area contributed by atoms with Gasteiger partial charge in [-0.1, -0.05) is 0 Å². The molecule has 0 aromatic carbocycles. The molecule has 3 heterocycles. The molecule has 2 saturated heterocycles. The summed E-state index contributed by atoms with van der Waals surface area (Å²) in [5, 5.41) is 0. The number of carbonyl (C=O) groups is 1. The lowest BCUT2D eigenvalue weighted by Gasteiger charge is -2.36. The fourth-order valence-electron chi connectivity index (χ4n) is 2.92. The highest BCUT2D eigenvalue weighted by atomic mass is 16.6. The van der Waals surface area contributed by atoms with Crippen LogP contribution in [0.2, 0.25) is 0 Å². The highest BCUT2D eigenvalue weighted by molar-refractivity contribution is 5.96. The number of hydrogen-bond donors (Lipinski definition) is 0. The van der Waals surface area contributed by atoms with Crippen LogP contribution in [0.4, 0.5) is 0 Å². The summed E-state index contributed by atoms with van der Waals surface area (Å²) in [4.78, 5) is 20.8. The van der Waals surface area contributed by atoms with E-state index in [2.05, 4.69) is 9.97 Å². The third-order valence-electron chi connectivity index (χ3n) is 3.96. The molecule has 5 heteroatoms. The molecule has 5 nitrogen and oxygen atoms in total. The molecule has 0 N–H and O–H groups in total. The fraction of sp³-hybridized carbons (Fsp3) is 0.643. The van der Waals surface area contributed by atoms with E-state index >= 15 is 0 Å². The van der Waals surface area contributed by atoms with Gasteiger partial charge in [-0.3, -0.25) is 4.79 Å². The SMILES string of the molecule is Cc1nccc(C(=O)C2CCOC3(CCOC3)C2)n1. The molecule has 2 fully saturated rings. The lowest BCUT2D eigenvalue weighted by molar-refractivity contribution is -0.0921. The van der Waals surface area contributed by atoms with Crippen molar-refractivity contribution >= 4 is 5.78 Å². The van der Waals surface area contributed by atoms with Crippen LogP contribution < -0.4 is 0 Å². The Labute approximate surface area is 112 Å². The van der Waals surface area contributed by atoms with Gasteiger partial charge in [0.1, 0.15) is 11.5 Å². The van der Waals surface area contributed by atoms with Crippen molar-refractivity contribution in [3.8, 4) is 0 Å². The van der Waals surface area contributed by atoms with E-state index < -0.39 is 0 Å². The van der Waals surface area contributed by atoms with E-state index in [0.717, 1.165) is 25.9 Å². The van der Waals surface area contributed by atoms with Gasteiger partial charge in [0.05, 0.1) is 12.2 Å². The predicted molar refractivity (Wildman–Crippen MR) is 67.9 cm³/mol. The molecule has 102 valence electrons. The zero-order valence-electron chi connectivity index (χ0n) is 11.1. The van der Waals surface area contributed by atoms with Gasteiger partial charge < -0.3 is 9.47 Å². The van der Waals surface area contributed by atoms with Crippen molar-refractivity contribution in [3.05, 3.63) is 23.8 Å². The second-order valence-corrected chi connectivity index (χ2v) is 5.38. The van der Waals surface area contributed by atoms with Crippen LogP contribution in [0.3, 0.4) is 0 Å². The highest BCUT2D eigenvalue weighted by Gasteiger charge is 2.43. The van der Waals surface area contributed by atoms with Crippen molar-refractivity contribution in [1.29, 1.82) is 0 Å². The largest absolute Gasteiger partial charge is 0.378 e. The molecule has 2 aliphatic rings. The van der Waals surface area contributed by atoms with Crippen LogP contribution in [0.15, 0.2) is 12.3 Å². The van der Waals surface area contributed by atoms with E-state index in [1.165, 1.54) is 0 Å². The van der Waals surface area contributed by atoms with Gasteiger partial charge >= 0.3 is 0 Å². The number of aromatic nitrogens is 2. The van der Waals surface area contributed by atoms with E-state index in [1.54, 1.807) is 19.2 Å². The molecule has 0 bridgehead atoms. The topological polar surface area (TPSA) is 61.3 Å². The maximum absolute atomic E-state index is 12.5. The normalized spacial score (nSPS) is 30.7. The summed E-state index contributed by atoms with van der Waals surface area (Å²) in [5.41, 5.74) is 0.286. The number of aryl methyl sites for hydroxylation is 1. The van der Waals surface area contributed by atoms with Crippen LogP contribution in [-0.4, -0.2) is 41.2 Å². The van der Waals surface area contributed by atoms with Gasteiger partial charge in [-0.25, -0.2) is 9.97 Å². The third-order valence-corrected chi connectivity index (χ3v) is 3.96. The van der Waals surface area contributed by atoms with Gasteiger partial charge in [-0.2, -0.15) is 0 Å². The summed E-state index contributed by atoms with van der Waals surface area (Å²) in [6.07, 6.45) is 4.04. The molecule has 0 amide bonds. The second kappa shape index (κ2) is 4.98. The van der Waals surface area contributed by atoms with Gasteiger partial charge in [0.2, 0.25) is 0 Å². The number of ketones is 1. The first-order valence-electron chi connectivity index (χ1n) is 6.74. The van der Waals surface area contributed by atoms with Crippen LogP contribution in [0.25, 0.3) is 0 Å². The molecule has 3 rings (SSSR count). The quantitative estimate of drug-likeness (QED) is 0.757. The number of carbonyl (C=O) groups excluding carboxylic acids is 1. The molecule has 1 aromatic rings. The summed E-state index contributed by atoms with van der Waals surface area (Å²) >= 11 is 0. The van der Waals surface area contributed by atoms with Gasteiger partial charge in [0, 0.05) is 31.7 Å². The van der Waals surface area contributed by atoms with Crippen molar-refractivity contribution in [2.75, 3.05) is 19.8 Å². The molecule has 0 aliphatic carbocycles. The first-order chi connectivity index (χ1) is 9.19. The van der Waals surface area contributed by atoms with Crippen LogP contribution in [0.1, 0.15) is 35.6 Å². The van der Waals surface area contributed by atoms with Crippen molar-refractivity contribution in [2.24, 2.45) is 5.92 Å². The molecule has 2 unspecified atom stereocenters. The molecule has 0 radical (unpaired) electrons. The number of rotatable bonds is 2. The van der Waals surface area contributed by atoms with Gasteiger partial charge in [0.25, 0.3) is 0 Å². The van der Waals surface area contributed by atoms with E-state index in [1.807, 2.05) is 0 Å². The monoisotopic (exact) mass is 262 g/mol. The molecule has 1 aromatic heterocycles. The predicted octanol–water partition coefficient (Wildman–Crippen LogP) is 1.55. The number of Topliss-reactive ketones (excluding diaryl/α,β-unsaturated/α-hetero) is 1. The fourth-order valence-corrected chi connectivity index (χ4v) is 2.92. The summed E-state index contributed by atoms with van der Waals surface area (Å²) in [6, 6.07) is 1.70. The Hall–Kier alpha value is -1.33. The molecule has 2 aliphatic heterocycles. The lowest BCUT2D eigenvalue weighted by atomic mass is 9.82. The van der Waals surface area contributed by atoms with E-state index in [0.29, 0.717) is 24.7 Å². The van der Waals surface area contributed by atoms with E-state index in [9.17, 15) is 4.79 Å². The molecule has 1 spiro atoms. The van der Waals surface area contributed by atoms with Crippen LogP contribution in [-0.2, 0) is 9.47 Å². The summed E-state index contributed by atoms with van der Waals surface area (Å²) < 4.78 is 11.3. The molecule has 19 heavy (non-hydrogen) atoms. The maximum atomic E-state index is 12.5. The lowest BCUT2D eigenvalue weighted by Crippen LogP contribution is -2.42. The summed E-state index contributed by atoms with van der Waals surface area (Å²) in [7, 11) is 0. The van der Waals surface area contributed by atoms with Crippen LogP contribution in [0.5, 0.6) is 0 Å². The zero-order chi connectivity index (χ0) is 13.3. The van der Waals surface area contributed by atoms with Crippen molar-refractivity contribution in [1.82, 2.24) is 9.97 Å². The van der Waals surface area contributed by atoms with Crippen molar-refractivity contribution in [3.63, 3.8) is 0 Å². The van der Waals surface area contributed by atoms with E-state index in [-0.39, 0.29) is 17.3 Å². The minimum Gasteiger partial charge on any atom is -0.378 e. The minimum atomic E-state index is -0.235. The summed E-state index contributed by atoms with van der Waals surface area (Å²) in [6.45, 7) is 3.77. The Morgan fingerprint density at radius 1 is 1.47 bits per heavy atom. The summed E-state index contributed by atoms with van der Waals surface area (Å²) in [5.74, 6) is 0.738. The standard InChI is InChI=1S/C14H18N2O3/c1-10-15-5-2-12(16-10)13(17)11-3-6-19-14(8-11)4-7-18-9-14/h2,5,11H,3-4,6-9H2,1H3. The van der Waals surface area contributed by atoms with E-state index in [4.69, 9.17) is 9.47 Å². The Kier molecular flexibility index (Phi) is 3.33. The van der Waals surface area contributed by atoms with Gasteiger partial charge in [0.15, 0.2) is 5.78 Å². The van der Waals surface area contributed by atoms with Gasteiger partial charge in [-0.05, 0) is 25.8 Å². The second-order valence-electron chi connectivity index (χ2n) is 5.38. The molecule has 0 saturated carbocycles. The Morgan fingerprint density at radius 2 is 2.37 bits per heavy atom. The first-order valence-corrected chi connectivity index (χ1v) is 6.74. The van der Waals surface area contributed by atoms with Crippen LogP contribution in [0, 0.1) is 12.8 Å². The Balaban J connectivity index is 1.76. The maximum Gasteiger partial charge on any atom is 0.184 e. The average molecular weight is 262 g/mol. The number of ether oxygens (including phenoxy) is 2. The molecule has 2 atom stereocenters. The van der Waals surface area contributed by atoms with Crippen molar-refractivity contribution < 1.29 is 14.3 Å². The van der Waals surface area contributed by atoms with Gasteiger partial charge in [-0.15, -0.1) is 0 Å². The smallest absolute Gasteiger partial charge is 0.184 e. The number of nitrogens with zero attached hydrogens (tertiary/aromatic N) is 2. The molecular weight excluding hydrogens is 244 g/mol. The van der Waals surface area contributed by atoms with Crippen molar-refractivity contribution in [2.45, 2.75) is 31.8 Å². The minimum absolute atomic E-state index is 0.00949. The molecular formula is C14H18N2O3. The average Bonchev–Trinajstić information content (AvgIpc) is 2.86.